The Hall–Kier alpha value is -0.990. The maximum Gasteiger partial charge on any atom is 0.472 e. The summed E-state index contributed by atoms with van der Waals surface area (Å²) in [6.07, 6.45) is 27.1. The van der Waals surface area contributed by atoms with Crippen LogP contribution < -0.4 is 5.73 Å². The first-order valence-electron chi connectivity index (χ1n) is 18.0. The summed E-state index contributed by atoms with van der Waals surface area (Å²) in [5.74, 6) is -0.823. The van der Waals surface area contributed by atoms with Crippen molar-refractivity contribution in [2.45, 2.75) is 180 Å². The Labute approximate surface area is 269 Å². The molecule has 0 aliphatic heterocycles. The predicted octanol–water partition coefficient (Wildman–Crippen LogP) is 9.33. The van der Waals surface area contributed by atoms with E-state index in [2.05, 4.69) is 13.8 Å². The third-order valence-electron chi connectivity index (χ3n) is 7.74. The van der Waals surface area contributed by atoms with Gasteiger partial charge in [0.15, 0.2) is 6.10 Å². The number of rotatable bonds is 34. The van der Waals surface area contributed by atoms with Gasteiger partial charge in [0.2, 0.25) is 0 Å². The fourth-order valence-corrected chi connectivity index (χ4v) is 5.81. The highest BCUT2D eigenvalue weighted by Crippen LogP contribution is 2.43. The van der Waals surface area contributed by atoms with Gasteiger partial charge in [0.05, 0.1) is 13.2 Å². The average molecular weight is 650 g/mol. The highest BCUT2D eigenvalue weighted by atomic mass is 31.2. The summed E-state index contributed by atoms with van der Waals surface area (Å²) in [6.45, 7) is 3.71. The maximum atomic E-state index is 12.4. The third kappa shape index (κ3) is 31.0. The van der Waals surface area contributed by atoms with E-state index in [4.69, 9.17) is 24.3 Å². The molecule has 0 aliphatic rings. The van der Waals surface area contributed by atoms with Gasteiger partial charge in [-0.25, -0.2) is 4.57 Å². The van der Waals surface area contributed by atoms with E-state index in [0.29, 0.717) is 6.42 Å². The lowest BCUT2D eigenvalue weighted by Gasteiger charge is -2.19. The number of ether oxygens (including phenoxy) is 2. The zero-order valence-corrected chi connectivity index (χ0v) is 29.3. The number of phosphoric acid groups is 1. The summed E-state index contributed by atoms with van der Waals surface area (Å²) >= 11 is 0. The molecule has 0 saturated heterocycles. The van der Waals surface area contributed by atoms with Crippen molar-refractivity contribution in [1.29, 1.82) is 0 Å². The summed E-state index contributed by atoms with van der Waals surface area (Å²) in [5, 5.41) is 0. The molecule has 0 aliphatic carbocycles. The molecular formula is C34H68NO8P. The molecule has 0 saturated carbocycles. The first-order chi connectivity index (χ1) is 21.3. The molecule has 262 valence electrons. The molecule has 0 heterocycles. The van der Waals surface area contributed by atoms with Crippen LogP contribution in [0.2, 0.25) is 0 Å². The summed E-state index contributed by atoms with van der Waals surface area (Å²) in [4.78, 5) is 34.5. The van der Waals surface area contributed by atoms with Crippen molar-refractivity contribution in [2.24, 2.45) is 5.73 Å². The molecule has 3 N–H and O–H groups in total. The summed E-state index contributed by atoms with van der Waals surface area (Å²) < 4.78 is 32.5. The van der Waals surface area contributed by atoms with Crippen LogP contribution in [0.3, 0.4) is 0 Å². The normalized spacial score (nSPS) is 13.5. The summed E-state index contributed by atoms with van der Waals surface area (Å²) in [7, 11) is -4.36. The molecule has 0 radical (unpaired) electrons. The number of nitrogens with two attached hydrogens (primary N) is 1. The lowest BCUT2D eigenvalue weighted by atomic mass is 10.0. The fraction of sp³-hybridized carbons (Fsp3) is 0.941. The maximum absolute atomic E-state index is 12.4. The number of esters is 2. The molecule has 0 bridgehead atoms. The van der Waals surface area contributed by atoms with Crippen LogP contribution in [-0.2, 0) is 32.7 Å². The minimum atomic E-state index is -4.36. The summed E-state index contributed by atoms with van der Waals surface area (Å²) in [6, 6.07) is 0. The smallest absolute Gasteiger partial charge is 0.462 e. The molecule has 0 rings (SSSR count). The fourth-order valence-electron chi connectivity index (χ4n) is 5.05. The second-order valence-corrected chi connectivity index (χ2v) is 13.6. The van der Waals surface area contributed by atoms with E-state index in [0.717, 1.165) is 32.1 Å². The second-order valence-electron chi connectivity index (χ2n) is 12.1. The number of unbranched alkanes of at least 4 members (excludes halogenated alkanes) is 21. The molecule has 0 spiro atoms. The van der Waals surface area contributed by atoms with Gasteiger partial charge in [0.1, 0.15) is 6.61 Å². The van der Waals surface area contributed by atoms with Crippen molar-refractivity contribution in [3.63, 3.8) is 0 Å². The van der Waals surface area contributed by atoms with Crippen molar-refractivity contribution in [3.8, 4) is 0 Å². The number of carbonyl (C=O) groups excluding carboxylic acids is 2. The highest BCUT2D eigenvalue weighted by Gasteiger charge is 2.25. The zero-order valence-electron chi connectivity index (χ0n) is 28.4. The Balaban J connectivity index is 4.19. The molecule has 9 nitrogen and oxygen atoms in total. The first kappa shape index (κ1) is 43.0. The second kappa shape index (κ2) is 32.0. The van der Waals surface area contributed by atoms with Gasteiger partial charge in [0, 0.05) is 19.4 Å². The Kier molecular flexibility index (Phi) is 31.3. The van der Waals surface area contributed by atoms with E-state index in [1.807, 2.05) is 0 Å². The number of hydrogen-bond donors (Lipinski definition) is 2. The molecule has 0 fully saturated rings. The van der Waals surface area contributed by atoms with Crippen LogP contribution in [0.4, 0.5) is 0 Å². The molecule has 0 aromatic heterocycles. The quantitative estimate of drug-likeness (QED) is 0.0397. The van der Waals surface area contributed by atoms with Gasteiger partial charge >= 0.3 is 19.8 Å². The minimum Gasteiger partial charge on any atom is -0.462 e. The molecule has 0 aromatic carbocycles. The lowest BCUT2D eigenvalue weighted by Crippen LogP contribution is -2.29. The van der Waals surface area contributed by atoms with Crippen LogP contribution in [0, 0.1) is 0 Å². The number of phosphoric ester groups is 1. The van der Waals surface area contributed by atoms with Crippen LogP contribution in [0.25, 0.3) is 0 Å². The van der Waals surface area contributed by atoms with Gasteiger partial charge in [-0.15, -0.1) is 0 Å². The highest BCUT2D eigenvalue weighted by molar-refractivity contribution is 7.47. The third-order valence-corrected chi connectivity index (χ3v) is 8.73. The summed E-state index contributed by atoms with van der Waals surface area (Å²) in [5.41, 5.74) is 5.31. The largest absolute Gasteiger partial charge is 0.472 e. The lowest BCUT2D eigenvalue weighted by molar-refractivity contribution is -0.161. The van der Waals surface area contributed by atoms with Crippen molar-refractivity contribution >= 4 is 19.8 Å². The molecule has 0 amide bonds. The predicted molar refractivity (Wildman–Crippen MR) is 178 cm³/mol. The van der Waals surface area contributed by atoms with Crippen molar-refractivity contribution in [1.82, 2.24) is 0 Å². The minimum absolute atomic E-state index is 0.0575. The van der Waals surface area contributed by atoms with Crippen molar-refractivity contribution in [2.75, 3.05) is 26.4 Å². The van der Waals surface area contributed by atoms with Gasteiger partial charge in [-0.2, -0.15) is 0 Å². The van der Waals surface area contributed by atoms with E-state index in [9.17, 15) is 19.0 Å². The van der Waals surface area contributed by atoms with Gasteiger partial charge in [0.25, 0.3) is 0 Å². The van der Waals surface area contributed by atoms with Gasteiger partial charge in [-0.05, 0) is 12.8 Å². The average Bonchev–Trinajstić information content (AvgIpc) is 3.00. The standard InChI is InChI=1S/C34H68NO8P/c1-3-5-7-9-11-13-14-15-16-17-19-20-22-24-26-33(36)40-30-32(31-42-44(38,39)41-29-28-35)43-34(37)27-25-23-21-18-12-10-8-6-4-2/h32H,3-31,35H2,1-2H3,(H,38,39)/t32-/m0/s1. The number of carbonyl (C=O) groups is 2. The first-order valence-corrected chi connectivity index (χ1v) is 19.5. The molecule has 44 heavy (non-hydrogen) atoms. The van der Waals surface area contributed by atoms with E-state index in [1.165, 1.54) is 109 Å². The van der Waals surface area contributed by atoms with Crippen LogP contribution in [0.5, 0.6) is 0 Å². The van der Waals surface area contributed by atoms with Crippen LogP contribution in [0.1, 0.15) is 174 Å². The van der Waals surface area contributed by atoms with Crippen LogP contribution in [0.15, 0.2) is 0 Å². The SMILES string of the molecule is CCCCCCCCCCCCCCCCC(=O)OC[C@@H](COP(=O)(O)OCCN)OC(=O)CCCCCCCCCCC. The Morgan fingerprint density at radius 3 is 1.39 bits per heavy atom. The number of hydrogen-bond acceptors (Lipinski definition) is 8. The van der Waals surface area contributed by atoms with Gasteiger partial charge in [-0.3, -0.25) is 18.6 Å². The Bertz CT molecular complexity index is 709. The van der Waals surface area contributed by atoms with E-state index >= 15 is 0 Å². The monoisotopic (exact) mass is 649 g/mol. The molecule has 1 unspecified atom stereocenters. The molecular weight excluding hydrogens is 581 g/mol. The van der Waals surface area contributed by atoms with Crippen LogP contribution >= 0.6 is 7.82 Å². The topological polar surface area (TPSA) is 134 Å². The molecule has 2 atom stereocenters. The van der Waals surface area contributed by atoms with E-state index in [1.54, 1.807) is 0 Å². The Morgan fingerprint density at radius 2 is 0.977 bits per heavy atom. The van der Waals surface area contributed by atoms with Crippen molar-refractivity contribution < 1.29 is 37.6 Å². The molecule has 0 aromatic rings. The Morgan fingerprint density at radius 1 is 0.591 bits per heavy atom. The van der Waals surface area contributed by atoms with Gasteiger partial charge in [-0.1, -0.05) is 149 Å². The van der Waals surface area contributed by atoms with Gasteiger partial charge < -0.3 is 20.1 Å². The van der Waals surface area contributed by atoms with Crippen LogP contribution in [-0.4, -0.2) is 49.3 Å². The zero-order chi connectivity index (χ0) is 32.6. The molecule has 10 heteroatoms. The van der Waals surface area contributed by atoms with E-state index < -0.39 is 26.5 Å². The van der Waals surface area contributed by atoms with E-state index in [-0.39, 0.29) is 38.6 Å². The van der Waals surface area contributed by atoms with Crippen molar-refractivity contribution in [3.05, 3.63) is 0 Å².